The standard InChI is InChI=1S/C23H23N5O5S/c1-26-12-15(11-24-26)20-25-16(14-34-20)13-33-22(31)23-8-7-19(29)28(23)18-6-4-3-5-17(18)21(30)27(23)9-10-32-2/h3-6,11-12,14H,7-10,13H2,1-2H3. The minimum atomic E-state index is -1.55. The highest BCUT2D eigenvalue weighted by Gasteiger charge is 2.61. The van der Waals surface area contributed by atoms with Crippen molar-refractivity contribution >= 4 is 34.8 Å². The first-order valence-corrected chi connectivity index (χ1v) is 11.7. The van der Waals surface area contributed by atoms with Gasteiger partial charge >= 0.3 is 5.97 Å². The van der Waals surface area contributed by atoms with Crippen LogP contribution in [0.1, 0.15) is 28.9 Å². The quantitative estimate of drug-likeness (QED) is 0.476. The third-order valence-corrected chi connectivity index (χ3v) is 7.01. The molecule has 2 aliphatic heterocycles. The van der Waals surface area contributed by atoms with Crippen LogP contribution in [-0.2, 0) is 32.7 Å². The van der Waals surface area contributed by atoms with Gasteiger partial charge in [0.05, 0.1) is 29.7 Å². The number of aromatic nitrogens is 3. The predicted octanol–water partition coefficient (Wildman–Crippen LogP) is 2.21. The van der Waals surface area contributed by atoms with Crippen LogP contribution in [0.4, 0.5) is 5.69 Å². The first-order chi connectivity index (χ1) is 16.5. The molecule has 0 bridgehead atoms. The van der Waals surface area contributed by atoms with Crippen LogP contribution in [0.3, 0.4) is 0 Å². The Morgan fingerprint density at radius 3 is 2.85 bits per heavy atom. The van der Waals surface area contributed by atoms with E-state index in [1.54, 1.807) is 35.1 Å². The zero-order chi connectivity index (χ0) is 23.9. The van der Waals surface area contributed by atoms with Gasteiger partial charge in [0.2, 0.25) is 11.6 Å². The SMILES string of the molecule is COCCN1C(=O)c2ccccc2N2C(=O)CCC12C(=O)OCc1csc(-c2cnn(C)c2)n1. The Morgan fingerprint density at radius 2 is 2.09 bits per heavy atom. The maximum atomic E-state index is 13.6. The second kappa shape index (κ2) is 8.65. The molecule has 4 heterocycles. The van der Waals surface area contributed by atoms with E-state index in [9.17, 15) is 14.4 Å². The summed E-state index contributed by atoms with van der Waals surface area (Å²) in [5.41, 5.74) is 0.696. The van der Waals surface area contributed by atoms with Gasteiger partial charge in [0, 0.05) is 50.7 Å². The van der Waals surface area contributed by atoms with Gasteiger partial charge in [-0.15, -0.1) is 11.3 Å². The number of methoxy groups -OCH3 is 1. The smallest absolute Gasteiger partial charge is 0.354 e. The van der Waals surface area contributed by atoms with Gasteiger partial charge in [-0.25, -0.2) is 9.78 Å². The number of aryl methyl sites for hydroxylation is 1. The molecule has 3 aromatic rings. The van der Waals surface area contributed by atoms with Crippen molar-refractivity contribution in [3.8, 4) is 10.6 Å². The van der Waals surface area contributed by atoms with Crippen LogP contribution in [0, 0.1) is 0 Å². The normalized spacial score (nSPS) is 19.4. The number of para-hydroxylation sites is 1. The molecule has 1 saturated heterocycles. The number of rotatable bonds is 7. The second-order valence-corrected chi connectivity index (χ2v) is 8.99. The average molecular weight is 482 g/mol. The molecule has 0 aliphatic carbocycles. The fraction of sp³-hybridized carbons (Fsp3) is 0.348. The Kier molecular flexibility index (Phi) is 5.66. The van der Waals surface area contributed by atoms with Crippen LogP contribution in [0.5, 0.6) is 0 Å². The van der Waals surface area contributed by atoms with E-state index in [1.165, 1.54) is 28.2 Å². The number of benzene rings is 1. The molecular weight excluding hydrogens is 458 g/mol. The fourth-order valence-electron chi connectivity index (χ4n) is 4.53. The van der Waals surface area contributed by atoms with Gasteiger partial charge in [0.1, 0.15) is 11.6 Å². The molecule has 1 fully saturated rings. The van der Waals surface area contributed by atoms with Crippen LogP contribution in [0.25, 0.3) is 10.6 Å². The van der Waals surface area contributed by atoms with Crippen LogP contribution >= 0.6 is 11.3 Å². The molecule has 176 valence electrons. The molecule has 1 atom stereocenters. The molecule has 0 spiro atoms. The van der Waals surface area contributed by atoms with Crippen molar-refractivity contribution in [1.29, 1.82) is 0 Å². The summed E-state index contributed by atoms with van der Waals surface area (Å²) in [5.74, 6) is -1.22. The van der Waals surface area contributed by atoms with E-state index >= 15 is 0 Å². The summed E-state index contributed by atoms with van der Waals surface area (Å²) < 4.78 is 12.6. The number of hydrogen-bond acceptors (Lipinski definition) is 8. The summed E-state index contributed by atoms with van der Waals surface area (Å²) in [6, 6.07) is 6.83. The number of thiazole rings is 1. The molecule has 1 unspecified atom stereocenters. The predicted molar refractivity (Wildman–Crippen MR) is 123 cm³/mol. The van der Waals surface area contributed by atoms with Crippen molar-refractivity contribution in [3.05, 3.63) is 53.3 Å². The molecule has 0 N–H and O–H groups in total. The van der Waals surface area contributed by atoms with Crippen molar-refractivity contribution in [2.75, 3.05) is 25.2 Å². The van der Waals surface area contributed by atoms with Gasteiger partial charge in [-0.3, -0.25) is 19.2 Å². The number of hydrogen-bond donors (Lipinski definition) is 0. The summed E-state index contributed by atoms with van der Waals surface area (Å²) >= 11 is 1.42. The fourth-order valence-corrected chi connectivity index (χ4v) is 5.31. The van der Waals surface area contributed by atoms with E-state index in [1.807, 2.05) is 18.6 Å². The molecule has 0 radical (unpaired) electrons. The van der Waals surface area contributed by atoms with E-state index in [0.29, 0.717) is 16.9 Å². The Hall–Kier alpha value is -3.57. The van der Waals surface area contributed by atoms with Crippen molar-refractivity contribution in [1.82, 2.24) is 19.7 Å². The van der Waals surface area contributed by atoms with Crippen LogP contribution in [-0.4, -0.2) is 63.4 Å². The molecule has 2 aliphatic rings. The summed E-state index contributed by atoms with van der Waals surface area (Å²) in [6.07, 6.45) is 3.84. The number of carbonyl (C=O) groups excluding carboxylic acids is 3. The number of nitrogens with zero attached hydrogens (tertiary/aromatic N) is 5. The van der Waals surface area contributed by atoms with E-state index in [0.717, 1.165) is 10.6 Å². The third kappa shape index (κ3) is 3.48. The van der Waals surface area contributed by atoms with Crippen LogP contribution in [0.2, 0.25) is 0 Å². The number of amides is 2. The number of carbonyl (C=O) groups is 3. The van der Waals surface area contributed by atoms with Gasteiger partial charge in [-0.2, -0.15) is 5.10 Å². The molecule has 2 aromatic heterocycles. The van der Waals surface area contributed by atoms with Gasteiger partial charge in [0.15, 0.2) is 0 Å². The first kappa shape index (κ1) is 22.2. The van der Waals surface area contributed by atoms with Crippen molar-refractivity contribution in [2.24, 2.45) is 7.05 Å². The summed E-state index contributed by atoms with van der Waals surface area (Å²) in [4.78, 5) is 47.4. The maximum Gasteiger partial charge on any atom is 0.354 e. The summed E-state index contributed by atoms with van der Waals surface area (Å²) in [7, 11) is 3.35. The molecule has 2 amide bonds. The highest BCUT2D eigenvalue weighted by molar-refractivity contribution is 7.13. The summed E-state index contributed by atoms with van der Waals surface area (Å²) in [6.45, 7) is 0.281. The number of ether oxygens (including phenoxy) is 2. The lowest BCUT2D eigenvalue weighted by atomic mass is 9.96. The molecule has 10 nitrogen and oxygen atoms in total. The highest BCUT2D eigenvalue weighted by atomic mass is 32.1. The third-order valence-electron chi connectivity index (χ3n) is 6.07. The van der Waals surface area contributed by atoms with Crippen LogP contribution in [0.15, 0.2) is 42.0 Å². The van der Waals surface area contributed by atoms with Crippen molar-refractivity contribution in [2.45, 2.75) is 25.1 Å². The van der Waals surface area contributed by atoms with Crippen molar-refractivity contribution < 1.29 is 23.9 Å². The Morgan fingerprint density at radius 1 is 1.26 bits per heavy atom. The zero-order valence-corrected chi connectivity index (χ0v) is 19.6. The van der Waals surface area contributed by atoms with E-state index in [2.05, 4.69) is 10.1 Å². The topological polar surface area (TPSA) is 107 Å². The molecule has 0 saturated carbocycles. The zero-order valence-electron chi connectivity index (χ0n) is 18.8. The van der Waals surface area contributed by atoms with Gasteiger partial charge in [0.25, 0.3) is 5.91 Å². The minimum Gasteiger partial charge on any atom is -0.456 e. The molecular formula is C23H23N5O5S. The van der Waals surface area contributed by atoms with E-state index in [-0.39, 0.29) is 44.4 Å². The van der Waals surface area contributed by atoms with Crippen molar-refractivity contribution in [3.63, 3.8) is 0 Å². The summed E-state index contributed by atoms with van der Waals surface area (Å²) in [5, 5.41) is 6.73. The first-order valence-electron chi connectivity index (χ1n) is 10.8. The van der Waals surface area contributed by atoms with E-state index in [4.69, 9.17) is 9.47 Å². The average Bonchev–Trinajstić information content (AvgIpc) is 3.57. The molecule has 11 heteroatoms. The lowest BCUT2D eigenvalue weighted by Gasteiger charge is -2.48. The van der Waals surface area contributed by atoms with Gasteiger partial charge in [-0.05, 0) is 12.1 Å². The van der Waals surface area contributed by atoms with E-state index < -0.39 is 11.6 Å². The second-order valence-electron chi connectivity index (χ2n) is 8.14. The number of anilines is 1. The lowest BCUT2D eigenvalue weighted by Crippen LogP contribution is -2.68. The number of fused-ring (bicyclic) bond motifs is 3. The highest BCUT2D eigenvalue weighted by Crippen LogP contribution is 2.45. The maximum absolute atomic E-state index is 13.6. The Balaban J connectivity index is 1.45. The Bertz CT molecular complexity index is 1270. The number of esters is 1. The molecule has 1 aromatic carbocycles. The minimum absolute atomic E-state index is 0.0761. The monoisotopic (exact) mass is 481 g/mol. The van der Waals surface area contributed by atoms with Crippen LogP contribution < -0.4 is 4.90 Å². The van der Waals surface area contributed by atoms with Gasteiger partial charge in [-0.1, -0.05) is 12.1 Å². The molecule has 5 rings (SSSR count). The Labute approximate surface area is 199 Å². The largest absolute Gasteiger partial charge is 0.456 e. The van der Waals surface area contributed by atoms with Gasteiger partial charge < -0.3 is 14.4 Å². The molecule has 34 heavy (non-hydrogen) atoms. The lowest BCUT2D eigenvalue weighted by molar-refractivity contribution is -0.159.